The first-order valence-electron chi connectivity index (χ1n) is 7.81. The third-order valence-electron chi connectivity index (χ3n) is 4.43. The third kappa shape index (κ3) is 2.44. The second-order valence-electron chi connectivity index (χ2n) is 6.03. The molecule has 0 aliphatic heterocycles. The third-order valence-corrected chi connectivity index (χ3v) is 5.07. The van der Waals surface area contributed by atoms with Crippen LogP contribution < -0.4 is 4.74 Å². The van der Waals surface area contributed by atoms with E-state index < -0.39 is 0 Å². The number of fused-ring (bicyclic) bond motifs is 3. The lowest BCUT2D eigenvalue weighted by Gasteiger charge is -2.12. The standard InChI is InChI=1S/C19H16BrN3O2/c1-9-6-13-12(8-16(9)25-3)17-10(2)22-23-19(17)21-18(13)11-4-5-15(24)14(20)7-11/h4-8,24H,1-3H3,(H,21,22,23). The van der Waals surface area contributed by atoms with Crippen molar-refractivity contribution in [1.29, 1.82) is 0 Å². The first-order valence-corrected chi connectivity index (χ1v) is 8.61. The van der Waals surface area contributed by atoms with Gasteiger partial charge in [-0.25, -0.2) is 4.98 Å². The zero-order valence-corrected chi connectivity index (χ0v) is 15.6. The fourth-order valence-corrected chi connectivity index (χ4v) is 3.56. The van der Waals surface area contributed by atoms with Crippen LogP contribution in [0.5, 0.6) is 11.5 Å². The molecule has 0 fully saturated rings. The van der Waals surface area contributed by atoms with Gasteiger partial charge in [-0.1, -0.05) is 0 Å². The summed E-state index contributed by atoms with van der Waals surface area (Å²) >= 11 is 3.38. The lowest BCUT2D eigenvalue weighted by Crippen LogP contribution is -1.93. The minimum Gasteiger partial charge on any atom is -0.507 e. The van der Waals surface area contributed by atoms with Gasteiger partial charge in [-0.15, -0.1) is 0 Å². The SMILES string of the molecule is COc1cc2c(cc1C)c(-c1ccc(O)c(Br)c1)nc1[nH]nc(C)c12. The molecule has 0 saturated carbocycles. The molecule has 2 aromatic heterocycles. The number of halogens is 1. The fourth-order valence-electron chi connectivity index (χ4n) is 3.18. The van der Waals surface area contributed by atoms with Crippen molar-refractivity contribution in [2.75, 3.05) is 7.11 Å². The lowest BCUT2D eigenvalue weighted by molar-refractivity contribution is 0.412. The number of pyridine rings is 1. The van der Waals surface area contributed by atoms with E-state index in [0.717, 1.165) is 50.1 Å². The van der Waals surface area contributed by atoms with E-state index in [9.17, 15) is 5.11 Å². The number of aromatic nitrogens is 3. The number of nitrogens with zero attached hydrogens (tertiary/aromatic N) is 2. The van der Waals surface area contributed by atoms with Gasteiger partial charge in [-0.2, -0.15) is 5.10 Å². The summed E-state index contributed by atoms with van der Waals surface area (Å²) in [7, 11) is 1.67. The van der Waals surface area contributed by atoms with Crippen LogP contribution in [0.1, 0.15) is 11.3 Å². The normalized spacial score (nSPS) is 11.4. The maximum Gasteiger partial charge on any atom is 0.156 e. The highest BCUT2D eigenvalue weighted by Crippen LogP contribution is 2.38. The van der Waals surface area contributed by atoms with Crippen molar-refractivity contribution >= 4 is 37.7 Å². The maximum absolute atomic E-state index is 9.79. The van der Waals surface area contributed by atoms with E-state index in [0.29, 0.717) is 4.47 Å². The molecular weight excluding hydrogens is 382 g/mol. The molecule has 0 atom stereocenters. The van der Waals surface area contributed by atoms with Gasteiger partial charge >= 0.3 is 0 Å². The Kier molecular flexibility index (Phi) is 3.65. The highest BCUT2D eigenvalue weighted by molar-refractivity contribution is 9.10. The number of nitrogens with one attached hydrogen (secondary N) is 1. The Morgan fingerprint density at radius 1 is 1.12 bits per heavy atom. The average molecular weight is 398 g/mol. The number of ether oxygens (including phenoxy) is 1. The van der Waals surface area contributed by atoms with Crippen LogP contribution in [0.25, 0.3) is 33.1 Å². The number of phenolic OH excluding ortho intramolecular Hbond substituents is 1. The smallest absolute Gasteiger partial charge is 0.156 e. The van der Waals surface area contributed by atoms with E-state index >= 15 is 0 Å². The number of phenols is 1. The molecule has 4 rings (SSSR count). The van der Waals surface area contributed by atoms with Crippen LogP contribution in [0, 0.1) is 13.8 Å². The van der Waals surface area contributed by atoms with E-state index in [1.54, 1.807) is 13.2 Å². The summed E-state index contributed by atoms with van der Waals surface area (Å²) in [6.45, 7) is 3.98. The van der Waals surface area contributed by atoms with Gasteiger partial charge in [0.1, 0.15) is 11.5 Å². The number of rotatable bonds is 2. The monoisotopic (exact) mass is 397 g/mol. The van der Waals surface area contributed by atoms with Gasteiger partial charge < -0.3 is 9.84 Å². The number of hydrogen-bond donors (Lipinski definition) is 2. The maximum atomic E-state index is 9.79. The number of methoxy groups -OCH3 is 1. The summed E-state index contributed by atoms with van der Waals surface area (Å²) in [4.78, 5) is 4.80. The molecule has 0 spiro atoms. The molecule has 0 radical (unpaired) electrons. The van der Waals surface area contributed by atoms with Crippen LogP contribution in [0.3, 0.4) is 0 Å². The molecule has 6 heteroatoms. The molecule has 0 bridgehead atoms. The topological polar surface area (TPSA) is 71.0 Å². The van der Waals surface area contributed by atoms with Gasteiger partial charge in [0.15, 0.2) is 5.65 Å². The summed E-state index contributed by atoms with van der Waals surface area (Å²) in [6, 6.07) is 9.51. The highest BCUT2D eigenvalue weighted by atomic mass is 79.9. The second kappa shape index (κ2) is 5.74. The summed E-state index contributed by atoms with van der Waals surface area (Å²) in [5.41, 5.74) is 4.41. The molecule has 0 unspecified atom stereocenters. The number of hydrogen-bond acceptors (Lipinski definition) is 4. The number of aromatic hydroxyl groups is 1. The van der Waals surface area contributed by atoms with E-state index in [-0.39, 0.29) is 5.75 Å². The highest BCUT2D eigenvalue weighted by Gasteiger charge is 2.16. The van der Waals surface area contributed by atoms with Crippen LogP contribution >= 0.6 is 15.9 Å². The van der Waals surface area contributed by atoms with Gasteiger partial charge in [0, 0.05) is 21.7 Å². The summed E-state index contributed by atoms with van der Waals surface area (Å²) in [6.07, 6.45) is 0. The fraction of sp³-hybridized carbons (Fsp3) is 0.158. The van der Waals surface area contributed by atoms with Gasteiger partial charge in [-0.05, 0) is 65.7 Å². The van der Waals surface area contributed by atoms with Gasteiger partial charge in [-0.3, -0.25) is 5.10 Å². The molecule has 0 saturated heterocycles. The predicted molar refractivity (Wildman–Crippen MR) is 102 cm³/mol. The molecule has 126 valence electrons. The molecular formula is C19H16BrN3O2. The van der Waals surface area contributed by atoms with Crippen molar-refractivity contribution in [2.45, 2.75) is 13.8 Å². The zero-order valence-electron chi connectivity index (χ0n) is 14.0. The van der Waals surface area contributed by atoms with E-state index in [1.807, 2.05) is 32.0 Å². The second-order valence-corrected chi connectivity index (χ2v) is 6.88. The Morgan fingerprint density at radius 3 is 2.64 bits per heavy atom. The molecule has 2 heterocycles. The van der Waals surface area contributed by atoms with E-state index in [4.69, 9.17) is 9.72 Å². The Bertz CT molecular complexity index is 1130. The number of aryl methyl sites for hydroxylation is 2. The minimum atomic E-state index is 0.198. The lowest BCUT2D eigenvalue weighted by atomic mass is 9.98. The van der Waals surface area contributed by atoms with Crippen LogP contribution in [0.15, 0.2) is 34.8 Å². The Balaban J connectivity index is 2.15. The summed E-state index contributed by atoms with van der Waals surface area (Å²) in [5.74, 6) is 1.03. The first-order chi connectivity index (χ1) is 12.0. The van der Waals surface area contributed by atoms with Gasteiger partial charge in [0.25, 0.3) is 0 Å². The van der Waals surface area contributed by atoms with E-state index in [2.05, 4.69) is 32.2 Å². The summed E-state index contributed by atoms with van der Waals surface area (Å²) in [5, 5.41) is 20.2. The van der Waals surface area contributed by atoms with Crippen molar-refractivity contribution in [2.24, 2.45) is 0 Å². The Hall–Kier alpha value is -2.60. The molecule has 2 aromatic carbocycles. The van der Waals surface area contributed by atoms with Crippen molar-refractivity contribution < 1.29 is 9.84 Å². The number of benzene rings is 2. The van der Waals surface area contributed by atoms with Gasteiger partial charge in [0.2, 0.25) is 0 Å². The van der Waals surface area contributed by atoms with Crippen molar-refractivity contribution in [3.05, 3.63) is 46.1 Å². The number of H-pyrrole nitrogens is 1. The van der Waals surface area contributed by atoms with E-state index in [1.165, 1.54) is 0 Å². The molecule has 0 amide bonds. The Labute approximate surface area is 152 Å². The van der Waals surface area contributed by atoms with Crippen LogP contribution in [0.2, 0.25) is 0 Å². The predicted octanol–water partition coefficient (Wildman–Crippen LogP) is 4.87. The van der Waals surface area contributed by atoms with Crippen molar-refractivity contribution in [3.63, 3.8) is 0 Å². The first kappa shape index (κ1) is 15.9. The van der Waals surface area contributed by atoms with Crippen LogP contribution in [-0.2, 0) is 0 Å². The van der Waals surface area contributed by atoms with Crippen molar-refractivity contribution in [3.8, 4) is 22.8 Å². The minimum absolute atomic E-state index is 0.198. The average Bonchev–Trinajstić information content (AvgIpc) is 2.97. The summed E-state index contributed by atoms with van der Waals surface area (Å²) < 4.78 is 6.14. The molecule has 2 N–H and O–H groups in total. The van der Waals surface area contributed by atoms with Crippen LogP contribution in [0.4, 0.5) is 0 Å². The molecule has 4 aromatic rings. The number of aromatic amines is 1. The molecule has 0 aliphatic rings. The quantitative estimate of drug-likeness (QED) is 0.505. The Morgan fingerprint density at radius 2 is 1.92 bits per heavy atom. The molecule has 0 aliphatic carbocycles. The van der Waals surface area contributed by atoms with Crippen LogP contribution in [-0.4, -0.2) is 27.4 Å². The largest absolute Gasteiger partial charge is 0.507 e. The van der Waals surface area contributed by atoms with Crippen molar-refractivity contribution in [1.82, 2.24) is 15.2 Å². The molecule has 5 nitrogen and oxygen atoms in total. The van der Waals surface area contributed by atoms with Gasteiger partial charge in [0.05, 0.1) is 23.0 Å². The molecule has 25 heavy (non-hydrogen) atoms. The zero-order chi connectivity index (χ0) is 17.7.